The number of halogens is 3. The van der Waals surface area contributed by atoms with Crippen LogP contribution in [-0.4, -0.2) is 35.2 Å². The molecule has 1 aliphatic carbocycles. The largest absolute Gasteiger partial charge is 0.486 e. The van der Waals surface area contributed by atoms with E-state index < -0.39 is 11.4 Å². The Bertz CT molecular complexity index is 1600. The van der Waals surface area contributed by atoms with E-state index in [1.54, 1.807) is 36.0 Å². The van der Waals surface area contributed by atoms with Crippen molar-refractivity contribution >= 4 is 27.5 Å². The van der Waals surface area contributed by atoms with E-state index in [1.165, 1.54) is 0 Å². The van der Waals surface area contributed by atoms with Gasteiger partial charge in [-0.1, -0.05) is 11.6 Å². The maximum absolute atomic E-state index is 13.5. The van der Waals surface area contributed by atoms with Gasteiger partial charge >= 0.3 is 0 Å². The van der Waals surface area contributed by atoms with Crippen molar-refractivity contribution in [1.29, 1.82) is 0 Å². The Morgan fingerprint density at radius 3 is 2.66 bits per heavy atom. The van der Waals surface area contributed by atoms with Gasteiger partial charge in [0.05, 0.1) is 39.6 Å². The highest BCUT2D eigenvalue weighted by atomic mass is 79.9. The second kappa shape index (κ2) is 10.2. The van der Waals surface area contributed by atoms with E-state index in [0.29, 0.717) is 52.9 Å². The minimum absolute atomic E-state index is 0.0362. The maximum Gasteiger partial charge on any atom is 0.273 e. The number of nitrogens with zero attached hydrogens (tertiary/aromatic N) is 5. The van der Waals surface area contributed by atoms with Crippen LogP contribution in [0.1, 0.15) is 48.5 Å². The van der Waals surface area contributed by atoms with Crippen molar-refractivity contribution in [3.05, 3.63) is 91.3 Å². The van der Waals surface area contributed by atoms with Crippen LogP contribution in [0, 0.1) is 19.7 Å². The van der Waals surface area contributed by atoms with Gasteiger partial charge in [-0.2, -0.15) is 0 Å². The molecule has 0 aliphatic heterocycles. The van der Waals surface area contributed by atoms with E-state index in [9.17, 15) is 14.3 Å². The predicted octanol–water partition coefficient (Wildman–Crippen LogP) is 5.46. The lowest BCUT2D eigenvalue weighted by atomic mass is 9.72. The molecule has 4 aromatic heterocycles. The second-order valence-corrected chi connectivity index (χ2v) is 10.9. The second-order valence-electron chi connectivity index (χ2n) is 9.73. The zero-order valence-electron chi connectivity index (χ0n) is 20.9. The fourth-order valence-electron chi connectivity index (χ4n) is 4.57. The highest BCUT2D eigenvalue weighted by molar-refractivity contribution is 9.10. The van der Waals surface area contributed by atoms with Gasteiger partial charge in [-0.3, -0.25) is 19.3 Å². The lowest BCUT2D eigenvalue weighted by molar-refractivity contribution is -0.0334. The molecule has 0 bridgehead atoms. The molecule has 4 heterocycles. The Kier molecular flexibility index (Phi) is 7.06. The van der Waals surface area contributed by atoms with Gasteiger partial charge < -0.3 is 9.84 Å². The molecule has 1 fully saturated rings. The minimum Gasteiger partial charge on any atom is -0.486 e. The molecule has 11 heteroatoms. The predicted molar refractivity (Wildman–Crippen MR) is 144 cm³/mol. The lowest BCUT2D eigenvalue weighted by Gasteiger charge is -2.39. The summed E-state index contributed by atoms with van der Waals surface area (Å²) in [5, 5.41) is 10.2. The number of ether oxygens (including phenoxy) is 1. The summed E-state index contributed by atoms with van der Waals surface area (Å²) in [5.74, 6) is 0.545. The van der Waals surface area contributed by atoms with Crippen molar-refractivity contribution in [2.75, 3.05) is 0 Å². The van der Waals surface area contributed by atoms with Gasteiger partial charge in [0.15, 0.2) is 0 Å². The van der Waals surface area contributed by atoms with Crippen molar-refractivity contribution in [3.63, 3.8) is 0 Å². The molecule has 8 nitrogen and oxygen atoms in total. The minimum atomic E-state index is -0.678. The molecule has 38 heavy (non-hydrogen) atoms. The Morgan fingerprint density at radius 1 is 1.18 bits per heavy atom. The van der Waals surface area contributed by atoms with Crippen LogP contribution in [0.2, 0.25) is 5.02 Å². The van der Waals surface area contributed by atoms with Crippen molar-refractivity contribution in [3.8, 4) is 22.8 Å². The smallest absolute Gasteiger partial charge is 0.273 e. The first-order valence-electron chi connectivity index (χ1n) is 11.9. The molecular formula is C27H24BrClFN5O3. The van der Waals surface area contributed by atoms with E-state index >= 15 is 0 Å². The molecule has 1 aliphatic rings. The van der Waals surface area contributed by atoms with Gasteiger partial charge in [0.25, 0.3) is 5.56 Å². The van der Waals surface area contributed by atoms with E-state index in [-0.39, 0.29) is 27.6 Å². The van der Waals surface area contributed by atoms with Gasteiger partial charge in [0.1, 0.15) is 28.5 Å². The highest BCUT2D eigenvalue weighted by Crippen LogP contribution is 2.43. The van der Waals surface area contributed by atoms with Crippen molar-refractivity contribution < 1.29 is 14.2 Å². The van der Waals surface area contributed by atoms with E-state index in [1.807, 2.05) is 19.9 Å². The van der Waals surface area contributed by atoms with Crippen LogP contribution in [0.15, 0.2) is 52.1 Å². The molecule has 0 aromatic carbocycles. The zero-order valence-corrected chi connectivity index (χ0v) is 23.2. The number of rotatable bonds is 6. The Morgan fingerprint density at radius 2 is 1.95 bits per heavy atom. The number of hydrogen-bond donors (Lipinski definition) is 1. The molecular weight excluding hydrogens is 577 g/mol. The van der Waals surface area contributed by atoms with Gasteiger partial charge in [-0.05, 0) is 73.3 Å². The molecule has 5 rings (SSSR count). The molecule has 0 atom stereocenters. The third-order valence-corrected chi connectivity index (χ3v) is 7.60. The number of aliphatic hydroxyl groups is 1. The summed E-state index contributed by atoms with van der Waals surface area (Å²) in [6.07, 6.45) is 5.68. The van der Waals surface area contributed by atoms with Crippen LogP contribution < -0.4 is 10.3 Å². The normalized spacial score (nSPS) is 18.8. The van der Waals surface area contributed by atoms with Crippen LogP contribution in [0.25, 0.3) is 17.1 Å². The molecule has 4 aromatic rings. The summed E-state index contributed by atoms with van der Waals surface area (Å²) < 4.78 is 20.9. The Balaban J connectivity index is 1.46. The van der Waals surface area contributed by atoms with Crippen LogP contribution in [0.5, 0.6) is 5.75 Å². The average molecular weight is 601 g/mol. The quantitative estimate of drug-likeness (QED) is 0.313. The van der Waals surface area contributed by atoms with Gasteiger partial charge in [-0.25, -0.2) is 14.4 Å². The third-order valence-electron chi connectivity index (χ3n) is 6.54. The van der Waals surface area contributed by atoms with E-state index in [2.05, 4.69) is 30.9 Å². The standard InChI is InChI=1S/C27H24BrClFN5O3/c1-14-11-32-20(19-4-5-31-25(34-19)16-9-27(3,37)10-16)8-22(14)35-15(2)6-23(24(28)26(35)36)38-13-21-18(29)7-17(30)12-33-21/h4-8,11-12,16,37H,9-10,13H2,1-3H3. The Hall–Kier alpha value is -3.21. The topological polar surface area (TPSA) is 103 Å². The monoisotopic (exact) mass is 599 g/mol. The fourth-order valence-corrected chi connectivity index (χ4v) is 5.19. The van der Waals surface area contributed by atoms with Crippen LogP contribution in [0.3, 0.4) is 0 Å². The maximum atomic E-state index is 13.5. The lowest BCUT2D eigenvalue weighted by Crippen LogP contribution is -2.39. The third kappa shape index (κ3) is 5.21. The summed E-state index contributed by atoms with van der Waals surface area (Å²) in [6, 6.07) is 6.49. The molecule has 196 valence electrons. The first-order chi connectivity index (χ1) is 18.0. The number of aromatic nitrogens is 5. The molecule has 0 spiro atoms. The number of pyridine rings is 3. The summed E-state index contributed by atoms with van der Waals surface area (Å²) in [5.41, 5.74) is 2.67. The van der Waals surface area contributed by atoms with Crippen LogP contribution >= 0.6 is 27.5 Å². The Labute approximate surface area is 231 Å². The SMILES string of the molecule is Cc1cnc(-c2ccnc(C3CC(C)(O)C3)n2)cc1-n1c(C)cc(OCc2ncc(F)cc2Cl)c(Br)c1=O. The summed E-state index contributed by atoms with van der Waals surface area (Å²) in [7, 11) is 0. The molecule has 0 saturated heterocycles. The van der Waals surface area contributed by atoms with Gasteiger partial charge in [0.2, 0.25) is 0 Å². The van der Waals surface area contributed by atoms with Crippen molar-refractivity contribution in [1.82, 2.24) is 24.5 Å². The van der Waals surface area contributed by atoms with E-state index in [0.717, 1.165) is 17.8 Å². The molecule has 0 amide bonds. The number of hydrogen-bond acceptors (Lipinski definition) is 7. The summed E-state index contributed by atoms with van der Waals surface area (Å²) >= 11 is 9.43. The first-order valence-corrected chi connectivity index (χ1v) is 13.1. The van der Waals surface area contributed by atoms with Crippen LogP contribution in [-0.2, 0) is 6.61 Å². The van der Waals surface area contributed by atoms with Crippen LogP contribution in [0.4, 0.5) is 4.39 Å². The highest BCUT2D eigenvalue weighted by Gasteiger charge is 2.40. The summed E-state index contributed by atoms with van der Waals surface area (Å²) in [4.78, 5) is 31.1. The average Bonchev–Trinajstić information content (AvgIpc) is 2.86. The molecule has 1 saturated carbocycles. The van der Waals surface area contributed by atoms with Crippen molar-refractivity contribution in [2.24, 2.45) is 0 Å². The van der Waals surface area contributed by atoms with Gasteiger partial charge in [0, 0.05) is 30.1 Å². The molecule has 1 N–H and O–H groups in total. The van der Waals surface area contributed by atoms with E-state index in [4.69, 9.17) is 21.3 Å². The first kappa shape index (κ1) is 26.4. The molecule has 0 radical (unpaired) electrons. The van der Waals surface area contributed by atoms with Crippen molar-refractivity contribution in [2.45, 2.75) is 51.7 Å². The summed E-state index contributed by atoms with van der Waals surface area (Å²) in [6.45, 7) is 5.45. The number of aryl methyl sites for hydroxylation is 2. The zero-order chi connectivity index (χ0) is 27.2. The van der Waals surface area contributed by atoms with Gasteiger partial charge in [-0.15, -0.1) is 0 Å². The molecule has 0 unspecified atom stereocenters. The fraction of sp³-hybridized carbons (Fsp3) is 0.296.